The quantitative estimate of drug-likeness (QED) is 0.907. The van der Waals surface area contributed by atoms with Crippen molar-refractivity contribution in [3.63, 3.8) is 0 Å². The Bertz CT molecular complexity index is 538. The van der Waals surface area contributed by atoms with E-state index in [1.807, 2.05) is 6.07 Å². The van der Waals surface area contributed by atoms with E-state index in [1.165, 1.54) is 0 Å². The summed E-state index contributed by atoms with van der Waals surface area (Å²) in [6, 6.07) is 8.86. The maximum atomic E-state index is 12.7. The molecule has 0 saturated carbocycles. The van der Waals surface area contributed by atoms with Crippen LogP contribution in [0.15, 0.2) is 30.3 Å². The van der Waals surface area contributed by atoms with E-state index < -0.39 is 30.4 Å². The summed E-state index contributed by atoms with van der Waals surface area (Å²) in [5.41, 5.74) is -1.13. The van der Waals surface area contributed by atoms with E-state index in [-0.39, 0.29) is 19.6 Å². The van der Waals surface area contributed by atoms with Crippen LogP contribution >= 0.6 is 0 Å². The van der Waals surface area contributed by atoms with Crippen LogP contribution in [0, 0.1) is 0 Å². The van der Waals surface area contributed by atoms with Gasteiger partial charge in [0, 0.05) is 13.0 Å². The van der Waals surface area contributed by atoms with Gasteiger partial charge in [-0.2, -0.15) is 0 Å². The lowest BCUT2D eigenvalue weighted by Crippen LogP contribution is -2.54. The number of carbonyl (C=O) groups excluding carboxylic acids is 1. The molecule has 1 unspecified atom stereocenters. The summed E-state index contributed by atoms with van der Waals surface area (Å²) in [6.45, 7) is 0.0766. The topological polar surface area (TPSA) is 66.8 Å². The third-order valence-corrected chi connectivity index (χ3v) is 3.80. The molecule has 1 N–H and O–H groups in total. The molecule has 0 aromatic heterocycles. The molecule has 2 rings (SSSR count). The Labute approximate surface area is 126 Å². The Morgan fingerprint density at radius 2 is 2.00 bits per heavy atom. The predicted molar refractivity (Wildman–Crippen MR) is 73.6 cm³/mol. The van der Waals surface area contributed by atoms with Crippen LogP contribution < -0.4 is 0 Å². The maximum Gasteiger partial charge on any atom is 0.411 e. The number of carboxylic acids is 1. The van der Waals surface area contributed by atoms with E-state index in [0.29, 0.717) is 6.42 Å². The molecular weight excluding hydrogens is 296 g/mol. The standard InChI is InChI=1S/C15H17F2NO4/c16-12(17)9-15(13(19)20)7-4-8-18(15)14(21)22-10-11-5-2-1-3-6-11/h1-3,5-6,12H,4,7-10H2,(H,19,20). The monoisotopic (exact) mass is 313 g/mol. The van der Waals surface area contributed by atoms with Crippen LogP contribution in [0.25, 0.3) is 0 Å². The Morgan fingerprint density at radius 3 is 2.59 bits per heavy atom. The fraction of sp³-hybridized carbons (Fsp3) is 0.467. The summed E-state index contributed by atoms with van der Waals surface area (Å²) in [7, 11) is 0. The van der Waals surface area contributed by atoms with E-state index in [1.54, 1.807) is 24.3 Å². The van der Waals surface area contributed by atoms with Gasteiger partial charge in [-0.25, -0.2) is 18.4 Å². The summed E-state index contributed by atoms with van der Waals surface area (Å²) < 4.78 is 30.6. The van der Waals surface area contributed by atoms with Crippen LogP contribution in [-0.4, -0.2) is 40.6 Å². The number of carboxylic acid groups (broad SMARTS) is 1. The second kappa shape index (κ2) is 6.72. The summed E-state index contributed by atoms with van der Waals surface area (Å²) in [5.74, 6) is -1.41. The van der Waals surface area contributed by atoms with Crippen molar-refractivity contribution in [1.29, 1.82) is 0 Å². The van der Waals surface area contributed by atoms with Crippen LogP contribution in [-0.2, 0) is 16.1 Å². The summed E-state index contributed by atoms with van der Waals surface area (Å²) in [4.78, 5) is 24.5. The summed E-state index contributed by atoms with van der Waals surface area (Å²) in [5, 5.41) is 9.33. The summed E-state index contributed by atoms with van der Waals surface area (Å²) >= 11 is 0. The van der Waals surface area contributed by atoms with E-state index in [9.17, 15) is 23.5 Å². The molecule has 1 saturated heterocycles. The van der Waals surface area contributed by atoms with Crippen LogP contribution in [0.4, 0.5) is 13.6 Å². The lowest BCUT2D eigenvalue weighted by atomic mass is 9.92. The number of ether oxygens (including phenoxy) is 1. The van der Waals surface area contributed by atoms with Crippen molar-refractivity contribution in [2.75, 3.05) is 6.54 Å². The molecule has 120 valence electrons. The van der Waals surface area contributed by atoms with Gasteiger partial charge in [0.15, 0.2) is 0 Å². The van der Waals surface area contributed by atoms with Crippen LogP contribution in [0.3, 0.4) is 0 Å². The number of aliphatic carboxylic acids is 1. The molecular formula is C15H17F2NO4. The number of halogens is 2. The molecule has 1 aromatic rings. The lowest BCUT2D eigenvalue weighted by Gasteiger charge is -2.33. The number of alkyl halides is 2. The Kier molecular flexibility index (Phi) is 4.95. The third kappa shape index (κ3) is 3.35. The van der Waals surface area contributed by atoms with Crippen LogP contribution in [0.5, 0.6) is 0 Å². The van der Waals surface area contributed by atoms with Crippen molar-refractivity contribution in [3.8, 4) is 0 Å². The van der Waals surface area contributed by atoms with E-state index in [4.69, 9.17) is 4.74 Å². The van der Waals surface area contributed by atoms with Gasteiger partial charge in [-0.05, 0) is 18.4 Å². The highest BCUT2D eigenvalue weighted by Gasteiger charge is 2.52. The SMILES string of the molecule is O=C(OCc1ccccc1)N1CCCC1(CC(F)F)C(=O)O. The van der Waals surface area contributed by atoms with Gasteiger partial charge in [0.05, 0.1) is 0 Å². The smallest absolute Gasteiger partial charge is 0.411 e. The zero-order valence-corrected chi connectivity index (χ0v) is 11.9. The average molecular weight is 313 g/mol. The molecule has 1 heterocycles. The van der Waals surface area contributed by atoms with Crippen LogP contribution in [0.2, 0.25) is 0 Å². The molecule has 1 atom stereocenters. The molecule has 0 spiro atoms. The molecule has 0 aliphatic carbocycles. The minimum absolute atomic E-state index is 0.00705. The highest BCUT2D eigenvalue weighted by molar-refractivity contribution is 5.85. The van der Waals surface area contributed by atoms with E-state index >= 15 is 0 Å². The first-order valence-corrected chi connectivity index (χ1v) is 6.95. The normalized spacial score (nSPS) is 21.1. The Morgan fingerprint density at radius 1 is 1.32 bits per heavy atom. The van der Waals surface area contributed by atoms with E-state index in [0.717, 1.165) is 10.5 Å². The van der Waals surface area contributed by atoms with Crippen molar-refractivity contribution in [1.82, 2.24) is 4.90 Å². The second-order valence-corrected chi connectivity index (χ2v) is 5.23. The molecule has 1 amide bonds. The fourth-order valence-electron chi connectivity index (χ4n) is 2.72. The first-order chi connectivity index (χ1) is 10.5. The number of likely N-dealkylation sites (tertiary alicyclic amines) is 1. The first kappa shape index (κ1) is 16.2. The number of carbonyl (C=O) groups is 2. The molecule has 0 radical (unpaired) electrons. The van der Waals surface area contributed by atoms with Gasteiger partial charge in [-0.15, -0.1) is 0 Å². The van der Waals surface area contributed by atoms with Gasteiger partial charge >= 0.3 is 12.1 Å². The molecule has 7 heteroatoms. The lowest BCUT2D eigenvalue weighted by molar-refractivity contribution is -0.151. The maximum absolute atomic E-state index is 12.7. The van der Waals surface area contributed by atoms with Gasteiger partial charge in [0.2, 0.25) is 6.43 Å². The number of amides is 1. The number of rotatable bonds is 5. The Hall–Kier alpha value is -2.18. The third-order valence-electron chi connectivity index (χ3n) is 3.80. The highest BCUT2D eigenvalue weighted by Crippen LogP contribution is 2.35. The van der Waals surface area contributed by atoms with Crippen molar-refractivity contribution in [3.05, 3.63) is 35.9 Å². The van der Waals surface area contributed by atoms with Gasteiger partial charge in [0.1, 0.15) is 12.1 Å². The number of benzene rings is 1. The molecule has 5 nitrogen and oxygen atoms in total. The molecule has 1 aromatic carbocycles. The zero-order chi connectivity index (χ0) is 16.2. The fourth-order valence-corrected chi connectivity index (χ4v) is 2.72. The zero-order valence-electron chi connectivity index (χ0n) is 11.9. The van der Waals surface area contributed by atoms with Gasteiger partial charge < -0.3 is 9.84 Å². The van der Waals surface area contributed by atoms with Gasteiger partial charge in [0.25, 0.3) is 0 Å². The second-order valence-electron chi connectivity index (χ2n) is 5.23. The van der Waals surface area contributed by atoms with Crippen molar-refractivity contribution >= 4 is 12.1 Å². The van der Waals surface area contributed by atoms with Crippen molar-refractivity contribution < 1.29 is 28.2 Å². The number of hydrogen-bond donors (Lipinski definition) is 1. The molecule has 22 heavy (non-hydrogen) atoms. The molecule has 1 fully saturated rings. The average Bonchev–Trinajstić information content (AvgIpc) is 2.90. The number of nitrogens with zero attached hydrogens (tertiary/aromatic N) is 1. The van der Waals surface area contributed by atoms with Gasteiger partial charge in [-0.3, -0.25) is 4.90 Å². The molecule has 1 aliphatic heterocycles. The molecule has 0 bridgehead atoms. The minimum atomic E-state index is -2.81. The Balaban J connectivity index is 2.08. The van der Waals surface area contributed by atoms with Crippen molar-refractivity contribution in [2.24, 2.45) is 0 Å². The minimum Gasteiger partial charge on any atom is -0.479 e. The summed E-state index contributed by atoms with van der Waals surface area (Å²) in [6.07, 6.45) is -4.20. The van der Waals surface area contributed by atoms with Gasteiger partial charge in [-0.1, -0.05) is 30.3 Å². The van der Waals surface area contributed by atoms with Crippen molar-refractivity contribution in [2.45, 2.75) is 37.8 Å². The largest absolute Gasteiger partial charge is 0.479 e. The van der Waals surface area contributed by atoms with E-state index in [2.05, 4.69) is 0 Å². The molecule has 1 aliphatic rings. The first-order valence-electron chi connectivity index (χ1n) is 6.95. The predicted octanol–water partition coefficient (Wildman–Crippen LogP) is 2.90. The van der Waals surface area contributed by atoms with Crippen LogP contribution in [0.1, 0.15) is 24.8 Å². The highest BCUT2D eigenvalue weighted by atomic mass is 19.3. The number of hydrogen-bond acceptors (Lipinski definition) is 3.